The molecular formula is C22H21ClN2O5S. The van der Waals surface area contributed by atoms with Crippen molar-refractivity contribution in [1.82, 2.24) is 4.90 Å². The van der Waals surface area contributed by atoms with Crippen LogP contribution in [-0.4, -0.2) is 42.2 Å². The number of thioether (sulfide) groups is 1. The molecule has 31 heavy (non-hydrogen) atoms. The van der Waals surface area contributed by atoms with Crippen molar-refractivity contribution in [2.45, 2.75) is 13.8 Å². The number of hydrogen-bond acceptors (Lipinski definition) is 6. The summed E-state index contributed by atoms with van der Waals surface area (Å²) in [4.78, 5) is 37.8. The summed E-state index contributed by atoms with van der Waals surface area (Å²) in [6.45, 7) is 3.74. The van der Waals surface area contributed by atoms with Gasteiger partial charge >= 0.3 is 0 Å². The van der Waals surface area contributed by atoms with Crippen LogP contribution in [0.15, 0.2) is 41.3 Å². The average Bonchev–Trinajstić information content (AvgIpc) is 3.00. The molecule has 1 aliphatic rings. The van der Waals surface area contributed by atoms with Gasteiger partial charge in [-0.15, -0.1) is 0 Å². The van der Waals surface area contributed by atoms with Crippen LogP contribution in [0.1, 0.15) is 18.1 Å². The number of carbonyl (C=O) groups is 3. The summed E-state index contributed by atoms with van der Waals surface area (Å²) >= 11 is 7.22. The van der Waals surface area contributed by atoms with Gasteiger partial charge in [-0.1, -0.05) is 29.3 Å². The monoisotopic (exact) mass is 460 g/mol. The number of nitrogens with one attached hydrogen (secondary N) is 1. The van der Waals surface area contributed by atoms with Crippen LogP contribution in [0.2, 0.25) is 5.02 Å². The number of benzene rings is 2. The Morgan fingerprint density at radius 3 is 2.55 bits per heavy atom. The molecule has 162 valence electrons. The van der Waals surface area contributed by atoms with E-state index >= 15 is 0 Å². The number of carbonyl (C=O) groups excluding carboxylic acids is 3. The SMILES string of the molecule is CCN1C(=O)S/C(=C/c2cc(Cl)c(OCC(=O)Nc3ccc(C)cc3)c(OC)c2)C1=O. The van der Waals surface area contributed by atoms with E-state index in [9.17, 15) is 14.4 Å². The summed E-state index contributed by atoms with van der Waals surface area (Å²) in [6.07, 6.45) is 1.57. The van der Waals surface area contributed by atoms with Gasteiger partial charge in [-0.3, -0.25) is 19.3 Å². The van der Waals surface area contributed by atoms with Crippen LogP contribution in [0, 0.1) is 6.92 Å². The van der Waals surface area contributed by atoms with E-state index in [1.807, 2.05) is 19.1 Å². The third-order valence-electron chi connectivity index (χ3n) is 4.42. The van der Waals surface area contributed by atoms with E-state index in [2.05, 4.69) is 5.32 Å². The molecule has 0 atom stereocenters. The van der Waals surface area contributed by atoms with Gasteiger partial charge in [0.2, 0.25) is 0 Å². The minimum atomic E-state index is -0.348. The molecule has 7 nitrogen and oxygen atoms in total. The van der Waals surface area contributed by atoms with Crippen molar-refractivity contribution < 1.29 is 23.9 Å². The molecule has 0 aliphatic carbocycles. The molecule has 0 aromatic heterocycles. The predicted molar refractivity (Wildman–Crippen MR) is 122 cm³/mol. The number of methoxy groups -OCH3 is 1. The molecule has 3 rings (SSSR count). The second-order valence-electron chi connectivity index (χ2n) is 6.66. The van der Waals surface area contributed by atoms with E-state index in [0.29, 0.717) is 28.5 Å². The minimum absolute atomic E-state index is 0.210. The van der Waals surface area contributed by atoms with Gasteiger partial charge in [0.05, 0.1) is 17.0 Å². The van der Waals surface area contributed by atoms with Gasteiger partial charge in [-0.05, 0) is 61.5 Å². The summed E-state index contributed by atoms with van der Waals surface area (Å²) in [5, 5.41) is 2.64. The van der Waals surface area contributed by atoms with Crippen molar-refractivity contribution in [3.8, 4) is 11.5 Å². The Kier molecular flexibility index (Phi) is 7.25. The summed E-state index contributed by atoms with van der Waals surface area (Å²) in [5.41, 5.74) is 2.32. The molecule has 3 amide bonds. The number of amides is 3. The van der Waals surface area contributed by atoms with Crippen molar-refractivity contribution in [3.63, 3.8) is 0 Å². The number of rotatable bonds is 7. The Morgan fingerprint density at radius 2 is 1.94 bits per heavy atom. The quantitative estimate of drug-likeness (QED) is 0.601. The molecule has 0 unspecified atom stereocenters. The molecular weight excluding hydrogens is 440 g/mol. The number of hydrogen-bond donors (Lipinski definition) is 1. The van der Waals surface area contributed by atoms with E-state index in [0.717, 1.165) is 17.3 Å². The zero-order valence-electron chi connectivity index (χ0n) is 17.2. The molecule has 0 saturated carbocycles. The maximum Gasteiger partial charge on any atom is 0.293 e. The van der Waals surface area contributed by atoms with E-state index in [1.54, 1.807) is 37.3 Å². The average molecular weight is 461 g/mol. The van der Waals surface area contributed by atoms with Crippen LogP contribution in [-0.2, 0) is 9.59 Å². The summed E-state index contributed by atoms with van der Waals surface area (Å²) < 4.78 is 10.9. The van der Waals surface area contributed by atoms with Gasteiger partial charge in [-0.25, -0.2) is 0 Å². The number of anilines is 1. The Hall–Kier alpha value is -2.97. The highest BCUT2D eigenvalue weighted by Crippen LogP contribution is 2.39. The minimum Gasteiger partial charge on any atom is -0.493 e. The van der Waals surface area contributed by atoms with Crippen molar-refractivity contribution >= 4 is 52.2 Å². The standard InChI is InChI=1S/C22H21ClN2O5S/c1-4-25-21(27)18(31-22(25)28)11-14-9-16(23)20(17(10-14)29-3)30-12-19(26)24-15-7-5-13(2)6-8-15/h5-11H,4,12H2,1-3H3,(H,24,26)/b18-11+. The predicted octanol–water partition coefficient (Wildman–Crippen LogP) is 4.73. The first-order valence-corrected chi connectivity index (χ1v) is 10.6. The van der Waals surface area contributed by atoms with Crippen LogP contribution in [0.5, 0.6) is 11.5 Å². The van der Waals surface area contributed by atoms with Crippen LogP contribution in [0.3, 0.4) is 0 Å². The van der Waals surface area contributed by atoms with Gasteiger partial charge < -0.3 is 14.8 Å². The number of halogens is 1. The van der Waals surface area contributed by atoms with E-state index in [4.69, 9.17) is 21.1 Å². The molecule has 1 saturated heterocycles. The molecule has 1 heterocycles. The fourth-order valence-electron chi connectivity index (χ4n) is 2.86. The zero-order chi connectivity index (χ0) is 22.5. The molecule has 0 spiro atoms. The van der Waals surface area contributed by atoms with Crippen LogP contribution < -0.4 is 14.8 Å². The topological polar surface area (TPSA) is 84.9 Å². The van der Waals surface area contributed by atoms with Gasteiger partial charge in [0.25, 0.3) is 17.1 Å². The van der Waals surface area contributed by atoms with E-state index in [1.165, 1.54) is 12.0 Å². The number of aryl methyl sites for hydroxylation is 1. The Labute approximate surface area is 189 Å². The highest BCUT2D eigenvalue weighted by atomic mass is 35.5. The number of likely N-dealkylation sites (N-methyl/N-ethyl adjacent to an activating group) is 1. The maximum absolute atomic E-state index is 12.3. The zero-order valence-corrected chi connectivity index (χ0v) is 18.8. The number of imide groups is 1. The van der Waals surface area contributed by atoms with Gasteiger partial charge in [0.1, 0.15) is 0 Å². The highest BCUT2D eigenvalue weighted by molar-refractivity contribution is 8.18. The first-order chi connectivity index (χ1) is 14.8. The van der Waals surface area contributed by atoms with Crippen LogP contribution in [0.4, 0.5) is 10.5 Å². The second kappa shape index (κ2) is 9.89. The first kappa shape index (κ1) is 22.7. The highest BCUT2D eigenvalue weighted by Gasteiger charge is 2.33. The number of nitrogens with zero attached hydrogens (tertiary/aromatic N) is 1. The second-order valence-corrected chi connectivity index (χ2v) is 8.06. The molecule has 1 fully saturated rings. The molecule has 1 N–H and O–H groups in total. The Morgan fingerprint density at radius 1 is 1.23 bits per heavy atom. The summed E-state index contributed by atoms with van der Waals surface area (Å²) in [6, 6.07) is 10.6. The molecule has 1 aliphatic heterocycles. The Balaban J connectivity index is 1.73. The largest absolute Gasteiger partial charge is 0.493 e. The lowest BCUT2D eigenvalue weighted by Gasteiger charge is -2.13. The summed E-state index contributed by atoms with van der Waals surface area (Å²) in [5.74, 6) is -0.182. The summed E-state index contributed by atoms with van der Waals surface area (Å²) in [7, 11) is 1.44. The Bertz CT molecular complexity index is 1050. The van der Waals surface area contributed by atoms with Crippen molar-refractivity contribution in [2.24, 2.45) is 0 Å². The lowest BCUT2D eigenvalue weighted by molar-refractivity contribution is -0.122. The van der Waals surface area contributed by atoms with Crippen molar-refractivity contribution in [2.75, 3.05) is 25.6 Å². The van der Waals surface area contributed by atoms with Crippen LogP contribution in [0.25, 0.3) is 6.08 Å². The third kappa shape index (κ3) is 5.39. The van der Waals surface area contributed by atoms with Gasteiger partial charge in [0, 0.05) is 12.2 Å². The van der Waals surface area contributed by atoms with Gasteiger partial charge in [-0.2, -0.15) is 0 Å². The fraction of sp³-hybridized carbons (Fsp3) is 0.227. The molecule has 0 radical (unpaired) electrons. The third-order valence-corrected chi connectivity index (χ3v) is 5.61. The number of ether oxygens (including phenoxy) is 2. The molecule has 0 bridgehead atoms. The smallest absolute Gasteiger partial charge is 0.293 e. The normalized spacial score (nSPS) is 14.8. The lowest BCUT2D eigenvalue weighted by atomic mass is 10.1. The molecule has 2 aromatic carbocycles. The van der Waals surface area contributed by atoms with Gasteiger partial charge in [0.15, 0.2) is 18.1 Å². The van der Waals surface area contributed by atoms with Crippen molar-refractivity contribution in [1.29, 1.82) is 0 Å². The van der Waals surface area contributed by atoms with E-state index < -0.39 is 0 Å². The van der Waals surface area contributed by atoms with E-state index in [-0.39, 0.29) is 34.4 Å². The molecule has 9 heteroatoms. The molecule has 2 aromatic rings. The fourth-order valence-corrected chi connectivity index (χ4v) is 4.04. The maximum atomic E-state index is 12.3. The lowest BCUT2D eigenvalue weighted by Crippen LogP contribution is -2.27. The van der Waals surface area contributed by atoms with Crippen LogP contribution >= 0.6 is 23.4 Å². The first-order valence-electron chi connectivity index (χ1n) is 9.44. The van der Waals surface area contributed by atoms with Crippen molar-refractivity contribution in [3.05, 3.63) is 57.5 Å².